The first-order chi connectivity index (χ1) is 11.8. The smallest absolute Gasteiger partial charge is 0.208 e. The van der Waals surface area contributed by atoms with Gasteiger partial charge in [-0.1, -0.05) is 11.3 Å². The van der Waals surface area contributed by atoms with Gasteiger partial charge in [0.1, 0.15) is 16.9 Å². The minimum absolute atomic E-state index is 0.123. The molecule has 2 aliphatic heterocycles. The highest BCUT2D eigenvalue weighted by molar-refractivity contribution is 7.13. The van der Waals surface area contributed by atoms with Gasteiger partial charge in [0, 0.05) is 25.3 Å². The Labute approximate surface area is 146 Å². The molecule has 1 aromatic carbocycles. The highest BCUT2D eigenvalue weighted by atomic mass is 32.1. The van der Waals surface area contributed by atoms with E-state index in [-0.39, 0.29) is 5.60 Å². The van der Waals surface area contributed by atoms with Gasteiger partial charge in [0.05, 0.1) is 20.3 Å². The van der Waals surface area contributed by atoms with Gasteiger partial charge in [-0.15, -0.1) is 10.2 Å². The molecule has 1 aromatic heterocycles. The van der Waals surface area contributed by atoms with E-state index in [1.165, 1.54) is 5.69 Å². The summed E-state index contributed by atoms with van der Waals surface area (Å²) in [6, 6.07) is 8.30. The van der Waals surface area contributed by atoms with Gasteiger partial charge in [-0.05, 0) is 37.1 Å². The molecule has 128 valence electrons. The average Bonchev–Trinajstić information content (AvgIpc) is 3.17. The Bertz CT molecular complexity index is 660. The second-order valence-corrected chi connectivity index (χ2v) is 7.21. The number of morpholine rings is 1. The zero-order valence-corrected chi connectivity index (χ0v) is 14.7. The molecular formula is C17H22N4O2S. The predicted molar refractivity (Wildman–Crippen MR) is 95.2 cm³/mol. The van der Waals surface area contributed by atoms with E-state index in [2.05, 4.69) is 32.1 Å². The lowest BCUT2D eigenvalue weighted by molar-refractivity contribution is -0.0629. The number of rotatable bonds is 3. The summed E-state index contributed by atoms with van der Waals surface area (Å²) in [4.78, 5) is 4.74. The van der Waals surface area contributed by atoms with E-state index in [1.54, 1.807) is 24.0 Å². The summed E-state index contributed by atoms with van der Waals surface area (Å²) in [7, 11) is 1.70. The van der Waals surface area contributed by atoms with Crippen molar-refractivity contribution in [2.45, 2.75) is 18.4 Å². The molecule has 1 spiro atoms. The number of aromatic nitrogens is 2. The van der Waals surface area contributed by atoms with Crippen molar-refractivity contribution in [1.29, 1.82) is 0 Å². The molecule has 2 saturated heterocycles. The molecular weight excluding hydrogens is 324 g/mol. The van der Waals surface area contributed by atoms with Crippen molar-refractivity contribution < 1.29 is 9.47 Å². The maximum atomic E-state index is 6.28. The summed E-state index contributed by atoms with van der Waals surface area (Å²) in [6.45, 7) is 4.50. The van der Waals surface area contributed by atoms with Crippen LogP contribution in [-0.4, -0.2) is 55.7 Å². The molecule has 7 heteroatoms. The Morgan fingerprint density at radius 3 is 2.75 bits per heavy atom. The van der Waals surface area contributed by atoms with E-state index >= 15 is 0 Å². The van der Waals surface area contributed by atoms with Crippen LogP contribution in [0.15, 0.2) is 29.8 Å². The van der Waals surface area contributed by atoms with E-state index in [0.29, 0.717) is 0 Å². The van der Waals surface area contributed by atoms with Gasteiger partial charge in [-0.3, -0.25) is 0 Å². The SMILES string of the molecule is COc1ccc(N2CCC[C@]3(C2)CN(c2nncs2)CCO3)cc1. The lowest BCUT2D eigenvalue weighted by atomic mass is 9.90. The molecule has 0 radical (unpaired) electrons. The molecule has 2 aliphatic rings. The van der Waals surface area contributed by atoms with Crippen molar-refractivity contribution in [3.63, 3.8) is 0 Å². The second kappa shape index (κ2) is 6.57. The van der Waals surface area contributed by atoms with Gasteiger partial charge < -0.3 is 19.3 Å². The van der Waals surface area contributed by atoms with E-state index in [1.807, 2.05) is 12.1 Å². The van der Waals surface area contributed by atoms with Crippen molar-refractivity contribution in [1.82, 2.24) is 10.2 Å². The number of methoxy groups -OCH3 is 1. The largest absolute Gasteiger partial charge is 0.497 e. The lowest BCUT2D eigenvalue weighted by Crippen LogP contribution is -2.60. The number of piperidine rings is 1. The molecule has 6 nitrogen and oxygen atoms in total. The minimum atomic E-state index is -0.123. The molecule has 0 amide bonds. The van der Waals surface area contributed by atoms with Gasteiger partial charge in [0.25, 0.3) is 0 Å². The topological polar surface area (TPSA) is 50.7 Å². The number of anilines is 2. The number of hydrogen-bond donors (Lipinski definition) is 0. The van der Waals surface area contributed by atoms with Crippen LogP contribution in [0.5, 0.6) is 5.75 Å². The summed E-state index contributed by atoms with van der Waals surface area (Å²) in [6.07, 6.45) is 2.23. The maximum absolute atomic E-state index is 6.28. The lowest BCUT2D eigenvalue weighted by Gasteiger charge is -2.48. The van der Waals surface area contributed by atoms with Crippen LogP contribution in [0.4, 0.5) is 10.8 Å². The average molecular weight is 346 g/mol. The van der Waals surface area contributed by atoms with Crippen molar-refractivity contribution in [3.05, 3.63) is 29.8 Å². The monoisotopic (exact) mass is 346 g/mol. The molecule has 24 heavy (non-hydrogen) atoms. The normalized spacial score (nSPS) is 24.4. The Hall–Kier alpha value is -1.86. The first kappa shape index (κ1) is 15.7. The molecule has 1 atom stereocenters. The van der Waals surface area contributed by atoms with Crippen LogP contribution in [0.2, 0.25) is 0 Å². The quantitative estimate of drug-likeness (QED) is 0.851. The van der Waals surface area contributed by atoms with Crippen LogP contribution >= 0.6 is 11.3 Å². The fraction of sp³-hybridized carbons (Fsp3) is 0.529. The van der Waals surface area contributed by atoms with Crippen molar-refractivity contribution in [2.75, 3.05) is 49.7 Å². The standard InChI is InChI=1S/C17H22N4O2S/c1-22-15-5-3-14(4-6-15)20-8-2-7-17(11-20)12-21(9-10-23-17)16-19-18-13-24-16/h3-6,13H,2,7-12H2,1H3/t17-/m0/s1. The predicted octanol–water partition coefficient (Wildman–Crippen LogP) is 2.42. The Kier molecular flexibility index (Phi) is 4.28. The van der Waals surface area contributed by atoms with Crippen LogP contribution < -0.4 is 14.5 Å². The number of benzene rings is 1. The molecule has 4 rings (SSSR count). The number of nitrogens with zero attached hydrogens (tertiary/aromatic N) is 4. The molecule has 3 heterocycles. The summed E-state index contributed by atoms with van der Waals surface area (Å²) >= 11 is 1.60. The Morgan fingerprint density at radius 1 is 1.17 bits per heavy atom. The van der Waals surface area contributed by atoms with E-state index < -0.39 is 0 Å². The molecule has 2 aromatic rings. The van der Waals surface area contributed by atoms with Crippen LogP contribution in [0.3, 0.4) is 0 Å². The first-order valence-corrected chi connectivity index (χ1v) is 9.20. The molecule has 0 bridgehead atoms. The van der Waals surface area contributed by atoms with Gasteiger partial charge in [-0.25, -0.2) is 0 Å². The third kappa shape index (κ3) is 3.06. The van der Waals surface area contributed by atoms with Gasteiger partial charge in [-0.2, -0.15) is 0 Å². The van der Waals surface area contributed by atoms with E-state index in [0.717, 1.165) is 56.5 Å². The Morgan fingerprint density at radius 2 is 2.00 bits per heavy atom. The van der Waals surface area contributed by atoms with Crippen LogP contribution in [0.1, 0.15) is 12.8 Å². The van der Waals surface area contributed by atoms with Crippen molar-refractivity contribution >= 4 is 22.2 Å². The van der Waals surface area contributed by atoms with Crippen LogP contribution in [0.25, 0.3) is 0 Å². The highest BCUT2D eigenvalue weighted by Gasteiger charge is 2.41. The van der Waals surface area contributed by atoms with Crippen LogP contribution in [0, 0.1) is 0 Å². The summed E-state index contributed by atoms with van der Waals surface area (Å²) in [5, 5.41) is 9.20. The zero-order chi connectivity index (χ0) is 16.4. The number of hydrogen-bond acceptors (Lipinski definition) is 7. The maximum Gasteiger partial charge on any atom is 0.208 e. The van der Waals surface area contributed by atoms with Crippen LogP contribution in [-0.2, 0) is 4.74 Å². The summed E-state index contributed by atoms with van der Waals surface area (Å²) < 4.78 is 11.5. The summed E-state index contributed by atoms with van der Waals surface area (Å²) in [5.74, 6) is 0.891. The number of ether oxygens (including phenoxy) is 2. The van der Waals surface area contributed by atoms with Crippen molar-refractivity contribution in [3.8, 4) is 5.75 Å². The van der Waals surface area contributed by atoms with E-state index in [4.69, 9.17) is 9.47 Å². The second-order valence-electron chi connectivity index (χ2n) is 6.40. The third-order valence-corrected chi connectivity index (χ3v) is 5.59. The zero-order valence-electron chi connectivity index (χ0n) is 13.9. The first-order valence-electron chi connectivity index (χ1n) is 8.32. The fourth-order valence-corrected chi connectivity index (χ4v) is 4.26. The van der Waals surface area contributed by atoms with Gasteiger partial charge in [0.2, 0.25) is 5.13 Å². The molecule has 0 saturated carbocycles. The Balaban J connectivity index is 1.50. The molecule has 0 unspecified atom stereocenters. The van der Waals surface area contributed by atoms with Gasteiger partial charge in [0.15, 0.2) is 0 Å². The van der Waals surface area contributed by atoms with E-state index in [9.17, 15) is 0 Å². The summed E-state index contributed by atoms with van der Waals surface area (Å²) in [5.41, 5.74) is 2.90. The molecule has 2 fully saturated rings. The van der Waals surface area contributed by atoms with Gasteiger partial charge >= 0.3 is 0 Å². The fourth-order valence-electron chi connectivity index (χ4n) is 3.67. The third-order valence-electron chi connectivity index (χ3n) is 4.84. The molecule has 0 N–H and O–H groups in total. The van der Waals surface area contributed by atoms with Crippen molar-refractivity contribution in [2.24, 2.45) is 0 Å². The minimum Gasteiger partial charge on any atom is -0.497 e. The molecule has 0 aliphatic carbocycles. The highest BCUT2D eigenvalue weighted by Crippen LogP contribution is 2.34.